The molecule has 1 aliphatic heterocycles. The molecule has 4 rings (SSSR count). The lowest BCUT2D eigenvalue weighted by molar-refractivity contribution is -0.145. The molecule has 1 aromatic carbocycles. The number of rotatable bonds is 2. The summed E-state index contributed by atoms with van der Waals surface area (Å²) in [6.07, 6.45) is 1.84. The van der Waals surface area contributed by atoms with E-state index in [2.05, 4.69) is 0 Å². The number of nitrogens with zero attached hydrogens (tertiary/aromatic N) is 1. The molecule has 1 aromatic rings. The number of esters is 1. The highest BCUT2D eigenvalue weighted by atomic mass is 35.5. The predicted molar refractivity (Wildman–Crippen MR) is 82.7 cm³/mol. The molecule has 116 valence electrons. The van der Waals surface area contributed by atoms with Crippen LogP contribution in [0.1, 0.15) is 18.4 Å². The van der Waals surface area contributed by atoms with Gasteiger partial charge >= 0.3 is 5.97 Å². The van der Waals surface area contributed by atoms with Crippen LogP contribution in [0.15, 0.2) is 18.2 Å². The molecule has 4 nitrogen and oxygen atoms in total. The van der Waals surface area contributed by atoms with Crippen molar-refractivity contribution in [3.05, 3.63) is 28.8 Å². The van der Waals surface area contributed by atoms with Gasteiger partial charge in [-0.05, 0) is 43.4 Å². The molecule has 1 amide bonds. The summed E-state index contributed by atoms with van der Waals surface area (Å²) >= 11 is 6.06. The number of anilines is 1. The number of hydrogen-bond donors (Lipinski definition) is 0. The standard InChI is InChI=1S/C17H18ClNO3/c1-8-3-4-10(18)7-12(8)19(2)16(20)14-9-5-11-13(6-9)22-17(21)15(11)14/h3-4,7,9,11,13-15H,5-6H2,1-2H3/t9-,11+,13-,14+,15-/m1/s1. The molecule has 1 saturated heterocycles. The molecular weight excluding hydrogens is 302 g/mol. The molecule has 5 atom stereocenters. The summed E-state index contributed by atoms with van der Waals surface area (Å²) in [7, 11) is 1.77. The Morgan fingerprint density at radius 1 is 1.36 bits per heavy atom. The van der Waals surface area contributed by atoms with Gasteiger partial charge in [-0.15, -0.1) is 0 Å². The average Bonchev–Trinajstić information content (AvgIpc) is 3.09. The third kappa shape index (κ3) is 1.83. The summed E-state index contributed by atoms with van der Waals surface area (Å²) in [5.74, 6) is -0.108. The Morgan fingerprint density at radius 3 is 2.91 bits per heavy atom. The van der Waals surface area contributed by atoms with Crippen LogP contribution in [0.3, 0.4) is 0 Å². The second kappa shape index (κ2) is 4.72. The molecule has 0 aromatic heterocycles. The number of halogens is 1. The first kappa shape index (κ1) is 14.1. The van der Waals surface area contributed by atoms with Gasteiger partial charge in [-0.1, -0.05) is 17.7 Å². The van der Waals surface area contributed by atoms with Gasteiger partial charge in [0.25, 0.3) is 0 Å². The van der Waals surface area contributed by atoms with E-state index in [1.807, 2.05) is 19.1 Å². The van der Waals surface area contributed by atoms with Crippen molar-refractivity contribution in [2.45, 2.75) is 25.9 Å². The summed E-state index contributed by atoms with van der Waals surface area (Å²) < 4.78 is 5.42. The van der Waals surface area contributed by atoms with E-state index < -0.39 is 0 Å². The Kier molecular flexibility index (Phi) is 3.02. The fourth-order valence-corrected chi connectivity index (χ4v) is 4.79. The van der Waals surface area contributed by atoms with Gasteiger partial charge in [0.15, 0.2) is 0 Å². The topological polar surface area (TPSA) is 46.6 Å². The van der Waals surface area contributed by atoms with Gasteiger partial charge in [0.2, 0.25) is 5.91 Å². The minimum Gasteiger partial charge on any atom is -0.462 e. The molecule has 2 bridgehead atoms. The number of aryl methyl sites for hydroxylation is 1. The lowest BCUT2D eigenvalue weighted by Crippen LogP contribution is -2.41. The first-order chi connectivity index (χ1) is 10.5. The smallest absolute Gasteiger partial charge is 0.310 e. The molecule has 2 saturated carbocycles. The van der Waals surface area contributed by atoms with Crippen LogP contribution in [0, 0.1) is 30.6 Å². The lowest BCUT2D eigenvalue weighted by atomic mass is 9.79. The van der Waals surface area contributed by atoms with Crippen molar-refractivity contribution in [1.29, 1.82) is 0 Å². The van der Waals surface area contributed by atoms with E-state index in [4.69, 9.17) is 16.3 Å². The number of carbonyl (C=O) groups excluding carboxylic acids is 2. The maximum atomic E-state index is 13.0. The summed E-state index contributed by atoms with van der Waals surface area (Å²) in [6, 6.07) is 5.52. The third-order valence-electron chi connectivity index (χ3n) is 5.63. The molecular formula is C17H18ClNO3. The monoisotopic (exact) mass is 319 g/mol. The average molecular weight is 320 g/mol. The number of hydrogen-bond acceptors (Lipinski definition) is 3. The molecule has 5 heteroatoms. The van der Waals surface area contributed by atoms with Gasteiger partial charge in [0.05, 0.1) is 11.8 Å². The van der Waals surface area contributed by atoms with Gasteiger partial charge in [-0.3, -0.25) is 9.59 Å². The molecule has 3 fully saturated rings. The zero-order valence-electron chi connectivity index (χ0n) is 12.6. The van der Waals surface area contributed by atoms with Gasteiger partial charge < -0.3 is 9.64 Å². The number of ether oxygens (including phenoxy) is 1. The largest absolute Gasteiger partial charge is 0.462 e. The van der Waals surface area contributed by atoms with E-state index >= 15 is 0 Å². The summed E-state index contributed by atoms with van der Waals surface area (Å²) in [5, 5.41) is 0.605. The Labute approximate surface area is 134 Å². The van der Waals surface area contributed by atoms with Crippen LogP contribution in [0.5, 0.6) is 0 Å². The molecule has 0 radical (unpaired) electrons. The van der Waals surface area contributed by atoms with E-state index in [1.54, 1.807) is 18.0 Å². The van der Waals surface area contributed by atoms with Crippen molar-refractivity contribution in [3.63, 3.8) is 0 Å². The van der Waals surface area contributed by atoms with E-state index in [9.17, 15) is 9.59 Å². The van der Waals surface area contributed by atoms with E-state index in [0.717, 1.165) is 24.1 Å². The zero-order chi connectivity index (χ0) is 15.6. The highest BCUT2D eigenvalue weighted by Gasteiger charge is 2.64. The van der Waals surface area contributed by atoms with Gasteiger partial charge in [0, 0.05) is 23.7 Å². The number of amides is 1. The molecule has 0 N–H and O–H groups in total. The SMILES string of the molecule is Cc1ccc(Cl)cc1N(C)C(=O)[C@H]1[C@@H]2C[C@@H]3[C@H]1C(=O)O[C@@H]3C2. The Bertz CT molecular complexity index is 672. The van der Waals surface area contributed by atoms with Crippen LogP contribution >= 0.6 is 11.6 Å². The van der Waals surface area contributed by atoms with Crippen molar-refractivity contribution < 1.29 is 14.3 Å². The minimum absolute atomic E-state index is 0.0140. The third-order valence-corrected chi connectivity index (χ3v) is 5.87. The summed E-state index contributed by atoms with van der Waals surface area (Å²) in [6.45, 7) is 1.95. The number of carbonyl (C=O) groups is 2. The quantitative estimate of drug-likeness (QED) is 0.787. The van der Waals surface area contributed by atoms with Crippen LogP contribution < -0.4 is 4.90 Å². The first-order valence-electron chi connectivity index (χ1n) is 7.71. The van der Waals surface area contributed by atoms with E-state index in [0.29, 0.717) is 5.02 Å². The maximum Gasteiger partial charge on any atom is 0.310 e. The van der Waals surface area contributed by atoms with Crippen molar-refractivity contribution in [2.24, 2.45) is 23.7 Å². The fraction of sp³-hybridized carbons (Fsp3) is 0.529. The molecule has 2 aliphatic carbocycles. The molecule has 1 heterocycles. The van der Waals surface area contributed by atoms with E-state index in [-0.39, 0.29) is 41.7 Å². The maximum absolute atomic E-state index is 13.0. The molecule has 22 heavy (non-hydrogen) atoms. The van der Waals surface area contributed by atoms with Crippen molar-refractivity contribution in [2.75, 3.05) is 11.9 Å². The molecule has 3 aliphatic rings. The van der Waals surface area contributed by atoms with Crippen LogP contribution in [0.4, 0.5) is 5.69 Å². The lowest BCUT2D eigenvalue weighted by Gasteiger charge is -2.29. The summed E-state index contributed by atoms with van der Waals surface area (Å²) in [5.41, 5.74) is 1.80. The molecule has 0 spiro atoms. The van der Waals surface area contributed by atoms with Crippen molar-refractivity contribution in [3.8, 4) is 0 Å². The summed E-state index contributed by atoms with van der Waals surface area (Å²) in [4.78, 5) is 26.7. The molecule has 0 unspecified atom stereocenters. The van der Waals surface area contributed by atoms with Gasteiger partial charge in [0.1, 0.15) is 6.10 Å². The number of fused-ring (bicyclic) bond motifs is 1. The normalized spacial score (nSPS) is 34.9. The fourth-order valence-electron chi connectivity index (χ4n) is 4.63. The van der Waals surface area contributed by atoms with Crippen LogP contribution in [0.2, 0.25) is 5.02 Å². The predicted octanol–water partition coefficient (Wildman–Crippen LogP) is 2.81. The Morgan fingerprint density at radius 2 is 2.14 bits per heavy atom. The second-order valence-corrected chi connectivity index (χ2v) is 7.19. The van der Waals surface area contributed by atoms with E-state index in [1.165, 1.54) is 0 Å². The zero-order valence-corrected chi connectivity index (χ0v) is 13.3. The Hall–Kier alpha value is -1.55. The Balaban J connectivity index is 1.65. The highest BCUT2D eigenvalue weighted by Crippen LogP contribution is 2.58. The highest BCUT2D eigenvalue weighted by molar-refractivity contribution is 6.31. The van der Waals surface area contributed by atoms with Crippen molar-refractivity contribution in [1.82, 2.24) is 0 Å². The second-order valence-electron chi connectivity index (χ2n) is 6.75. The van der Waals surface area contributed by atoms with Gasteiger partial charge in [-0.25, -0.2) is 0 Å². The first-order valence-corrected chi connectivity index (χ1v) is 8.09. The van der Waals surface area contributed by atoms with Crippen LogP contribution in [-0.2, 0) is 14.3 Å². The van der Waals surface area contributed by atoms with Crippen LogP contribution in [0.25, 0.3) is 0 Å². The minimum atomic E-state index is -0.238. The van der Waals surface area contributed by atoms with Crippen molar-refractivity contribution >= 4 is 29.2 Å². The number of benzene rings is 1. The van der Waals surface area contributed by atoms with Crippen LogP contribution in [-0.4, -0.2) is 25.0 Å². The van der Waals surface area contributed by atoms with Gasteiger partial charge in [-0.2, -0.15) is 0 Å².